The third-order valence-electron chi connectivity index (χ3n) is 3.25. The highest BCUT2D eigenvalue weighted by Crippen LogP contribution is 2.30. The Hall–Kier alpha value is -2.64. The summed E-state index contributed by atoms with van der Waals surface area (Å²) in [6, 6.07) is 14.6. The Labute approximate surface area is 139 Å². The van der Waals surface area contributed by atoms with Crippen LogP contribution in [-0.2, 0) is 4.79 Å². The summed E-state index contributed by atoms with van der Waals surface area (Å²) in [5, 5.41) is 3.30. The molecule has 1 aliphatic heterocycles. The summed E-state index contributed by atoms with van der Waals surface area (Å²) in [5.41, 5.74) is 0.731. The zero-order valence-corrected chi connectivity index (χ0v) is 13.0. The molecule has 0 aromatic heterocycles. The lowest BCUT2D eigenvalue weighted by atomic mass is 10.2. The average Bonchev–Trinajstić information content (AvgIpc) is 2.59. The average molecular weight is 328 g/mol. The molecule has 1 amide bonds. The summed E-state index contributed by atoms with van der Waals surface area (Å²) in [7, 11) is 0. The molecule has 2 aromatic carbocycles. The first-order valence-corrected chi connectivity index (χ1v) is 7.51. The minimum atomic E-state index is -0.674. The van der Waals surface area contributed by atoms with Gasteiger partial charge in [-0.15, -0.1) is 0 Å². The lowest BCUT2D eigenvalue weighted by Gasteiger charge is -2.25. The fourth-order valence-electron chi connectivity index (χ4n) is 2.10. The summed E-state index contributed by atoms with van der Waals surface area (Å²) in [6.45, 7) is 0.395. The van der Waals surface area contributed by atoms with Crippen LogP contribution in [0.3, 0.4) is 0 Å². The molecule has 1 aliphatic rings. The van der Waals surface area contributed by atoms with E-state index in [2.05, 4.69) is 17.2 Å². The SMILES string of the molecule is O=C(NCC#Cc1ccccc1Cl)C1COc2ccccc2O1. The van der Waals surface area contributed by atoms with Crippen molar-refractivity contribution in [1.82, 2.24) is 5.32 Å². The van der Waals surface area contributed by atoms with Crippen LogP contribution in [0.1, 0.15) is 5.56 Å². The molecule has 0 bridgehead atoms. The Morgan fingerprint density at radius 2 is 1.91 bits per heavy atom. The number of hydrogen-bond acceptors (Lipinski definition) is 3. The van der Waals surface area contributed by atoms with Gasteiger partial charge in [0.25, 0.3) is 5.91 Å². The monoisotopic (exact) mass is 327 g/mol. The second-order valence-corrected chi connectivity index (χ2v) is 5.27. The maximum Gasteiger partial charge on any atom is 0.265 e. The van der Waals surface area contributed by atoms with E-state index in [0.717, 1.165) is 5.56 Å². The Morgan fingerprint density at radius 3 is 2.74 bits per heavy atom. The van der Waals surface area contributed by atoms with Crippen molar-refractivity contribution in [2.24, 2.45) is 0 Å². The number of halogens is 1. The van der Waals surface area contributed by atoms with E-state index >= 15 is 0 Å². The molecule has 4 nitrogen and oxygen atoms in total. The van der Waals surface area contributed by atoms with Gasteiger partial charge in [-0.3, -0.25) is 4.79 Å². The van der Waals surface area contributed by atoms with E-state index in [1.54, 1.807) is 18.2 Å². The second kappa shape index (κ2) is 7.08. The predicted octanol–water partition coefficient (Wildman–Crippen LogP) is 2.65. The van der Waals surface area contributed by atoms with Crippen LogP contribution in [0.4, 0.5) is 0 Å². The fourth-order valence-corrected chi connectivity index (χ4v) is 2.28. The van der Waals surface area contributed by atoms with Gasteiger partial charge in [0.1, 0.15) is 6.61 Å². The quantitative estimate of drug-likeness (QED) is 0.863. The maximum atomic E-state index is 12.1. The molecule has 23 heavy (non-hydrogen) atoms. The molecule has 1 unspecified atom stereocenters. The molecule has 1 atom stereocenters. The summed E-state index contributed by atoms with van der Waals surface area (Å²) >= 11 is 6.01. The summed E-state index contributed by atoms with van der Waals surface area (Å²) in [5.74, 6) is 6.75. The standard InChI is InChI=1S/C18H14ClNO3/c19-14-8-2-1-6-13(14)7-5-11-20-18(21)17-12-22-15-9-3-4-10-16(15)23-17/h1-4,6,8-10,17H,11-12H2,(H,20,21). The number of nitrogens with one attached hydrogen (secondary N) is 1. The maximum absolute atomic E-state index is 12.1. The molecule has 0 aliphatic carbocycles. The Kier molecular flexibility index (Phi) is 4.70. The van der Waals surface area contributed by atoms with Gasteiger partial charge in [0.15, 0.2) is 11.5 Å². The fraction of sp³-hybridized carbons (Fsp3) is 0.167. The van der Waals surface area contributed by atoms with E-state index in [1.165, 1.54) is 0 Å². The molecule has 1 N–H and O–H groups in total. The number of benzene rings is 2. The first-order chi connectivity index (χ1) is 11.2. The highest BCUT2D eigenvalue weighted by atomic mass is 35.5. The Balaban J connectivity index is 1.54. The number of amides is 1. The van der Waals surface area contributed by atoms with Crippen LogP contribution in [0.25, 0.3) is 0 Å². The number of rotatable bonds is 2. The van der Waals surface area contributed by atoms with Crippen molar-refractivity contribution in [3.8, 4) is 23.3 Å². The minimum Gasteiger partial charge on any atom is -0.485 e. The largest absolute Gasteiger partial charge is 0.485 e. The van der Waals surface area contributed by atoms with Gasteiger partial charge >= 0.3 is 0 Å². The van der Waals surface area contributed by atoms with Crippen molar-refractivity contribution < 1.29 is 14.3 Å². The molecule has 0 radical (unpaired) electrons. The van der Waals surface area contributed by atoms with E-state index in [1.807, 2.05) is 30.3 Å². The second-order valence-electron chi connectivity index (χ2n) is 4.86. The minimum absolute atomic E-state index is 0.181. The lowest BCUT2D eigenvalue weighted by molar-refractivity contribution is -0.130. The zero-order valence-electron chi connectivity index (χ0n) is 12.2. The summed E-state index contributed by atoms with van der Waals surface area (Å²) < 4.78 is 11.1. The number of para-hydroxylation sites is 2. The van der Waals surface area contributed by atoms with Crippen molar-refractivity contribution in [3.05, 3.63) is 59.1 Å². The van der Waals surface area contributed by atoms with Crippen molar-refractivity contribution in [2.45, 2.75) is 6.10 Å². The molecule has 0 saturated heterocycles. The number of carbonyl (C=O) groups excluding carboxylic acids is 1. The van der Waals surface area contributed by atoms with Crippen molar-refractivity contribution >= 4 is 17.5 Å². The van der Waals surface area contributed by atoms with E-state index in [-0.39, 0.29) is 19.1 Å². The van der Waals surface area contributed by atoms with Gasteiger partial charge in [0.05, 0.1) is 11.6 Å². The molecule has 0 fully saturated rings. The van der Waals surface area contributed by atoms with Crippen molar-refractivity contribution in [1.29, 1.82) is 0 Å². The Bertz CT molecular complexity index is 779. The van der Waals surface area contributed by atoms with Crippen molar-refractivity contribution in [2.75, 3.05) is 13.2 Å². The molecule has 1 heterocycles. The van der Waals surface area contributed by atoms with Gasteiger partial charge in [-0.05, 0) is 24.3 Å². The summed E-state index contributed by atoms with van der Waals surface area (Å²) in [6.07, 6.45) is -0.674. The number of fused-ring (bicyclic) bond motifs is 1. The highest BCUT2D eigenvalue weighted by Gasteiger charge is 2.26. The van der Waals surface area contributed by atoms with Gasteiger partial charge in [0, 0.05) is 5.56 Å². The molecular formula is C18H14ClNO3. The molecule has 2 aromatic rings. The molecule has 0 spiro atoms. The van der Waals surface area contributed by atoms with Crippen LogP contribution in [0.15, 0.2) is 48.5 Å². The number of carbonyl (C=O) groups is 1. The predicted molar refractivity (Wildman–Crippen MR) is 87.7 cm³/mol. The first-order valence-electron chi connectivity index (χ1n) is 7.13. The zero-order chi connectivity index (χ0) is 16.1. The molecule has 0 saturated carbocycles. The van der Waals surface area contributed by atoms with Crippen LogP contribution in [0, 0.1) is 11.8 Å². The number of ether oxygens (including phenoxy) is 2. The van der Waals surface area contributed by atoms with E-state index in [0.29, 0.717) is 16.5 Å². The van der Waals surface area contributed by atoms with Crippen LogP contribution >= 0.6 is 11.6 Å². The molecule has 5 heteroatoms. The third-order valence-corrected chi connectivity index (χ3v) is 3.58. The molecular weight excluding hydrogens is 314 g/mol. The van der Waals surface area contributed by atoms with Gasteiger partial charge < -0.3 is 14.8 Å². The smallest absolute Gasteiger partial charge is 0.265 e. The van der Waals surface area contributed by atoms with E-state index in [9.17, 15) is 4.79 Å². The molecule has 3 rings (SSSR count). The van der Waals surface area contributed by atoms with Crippen molar-refractivity contribution in [3.63, 3.8) is 0 Å². The summed E-state index contributed by atoms with van der Waals surface area (Å²) in [4.78, 5) is 12.1. The highest BCUT2D eigenvalue weighted by molar-refractivity contribution is 6.31. The van der Waals surface area contributed by atoms with E-state index < -0.39 is 6.10 Å². The lowest BCUT2D eigenvalue weighted by Crippen LogP contribution is -2.44. The van der Waals surface area contributed by atoms with Gasteiger partial charge in [-0.25, -0.2) is 0 Å². The normalized spacial score (nSPS) is 15.3. The van der Waals surface area contributed by atoms with Crippen LogP contribution in [0.2, 0.25) is 5.02 Å². The topological polar surface area (TPSA) is 47.6 Å². The third kappa shape index (κ3) is 3.77. The number of hydrogen-bond donors (Lipinski definition) is 1. The first kappa shape index (κ1) is 15.3. The van der Waals surface area contributed by atoms with Gasteiger partial charge in [-0.1, -0.05) is 47.7 Å². The van der Waals surface area contributed by atoms with E-state index in [4.69, 9.17) is 21.1 Å². The van der Waals surface area contributed by atoms with Crippen LogP contribution < -0.4 is 14.8 Å². The van der Waals surface area contributed by atoms with Gasteiger partial charge in [0.2, 0.25) is 6.10 Å². The van der Waals surface area contributed by atoms with Gasteiger partial charge in [-0.2, -0.15) is 0 Å². The Morgan fingerprint density at radius 1 is 1.17 bits per heavy atom. The van der Waals surface area contributed by atoms with Crippen LogP contribution in [0.5, 0.6) is 11.5 Å². The van der Waals surface area contributed by atoms with Crippen LogP contribution in [-0.4, -0.2) is 25.2 Å². The molecule has 116 valence electrons.